The van der Waals surface area contributed by atoms with Gasteiger partial charge in [-0.25, -0.2) is 15.4 Å². The van der Waals surface area contributed by atoms with Crippen molar-refractivity contribution in [3.05, 3.63) is 41.2 Å². The van der Waals surface area contributed by atoms with Crippen molar-refractivity contribution in [2.45, 2.75) is 25.9 Å². The van der Waals surface area contributed by atoms with E-state index in [0.29, 0.717) is 22.2 Å². The van der Waals surface area contributed by atoms with Crippen molar-refractivity contribution in [2.75, 3.05) is 12.9 Å². The first-order valence-electron chi connectivity index (χ1n) is 7.54. The highest BCUT2D eigenvalue weighted by molar-refractivity contribution is 7.99. The summed E-state index contributed by atoms with van der Waals surface area (Å²) >= 11 is 1.24. The van der Waals surface area contributed by atoms with Crippen LogP contribution in [0.5, 0.6) is 11.5 Å². The van der Waals surface area contributed by atoms with Gasteiger partial charge in [0.1, 0.15) is 11.5 Å². The fraction of sp³-hybridized carbons (Fsp3) is 0.294. The third-order valence-electron chi connectivity index (χ3n) is 3.24. The number of aromatic nitrogens is 2. The third-order valence-corrected chi connectivity index (χ3v) is 4.08. The lowest BCUT2D eigenvalue weighted by Gasteiger charge is -2.07. The van der Waals surface area contributed by atoms with Gasteiger partial charge >= 0.3 is 0 Å². The van der Waals surface area contributed by atoms with Crippen LogP contribution in [0.1, 0.15) is 23.9 Å². The first kappa shape index (κ1) is 18.7. The van der Waals surface area contributed by atoms with Gasteiger partial charge in [0.25, 0.3) is 5.91 Å². The number of hydrazone groups is 1. The van der Waals surface area contributed by atoms with Gasteiger partial charge in [-0.15, -0.1) is 0 Å². The zero-order chi connectivity index (χ0) is 18.4. The largest absolute Gasteiger partial charge is 0.507 e. The van der Waals surface area contributed by atoms with Crippen molar-refractivity contribution in [1.82, 2.24) is 15.4 Å². The number of phenolic OH excluding ortho intramolecular Hbond substituents is 1. The molecule has 2 N–H and O–H groups in total. The molecule has 0 bridgehead atoms. The van der Waals surface area contributed by atoms with Crippen molar-refractivity contribution in [3.63, 3.8) is 0 Å². The summed E-state index contributed by atoms with van der Waals surface area (Å²) in [5, 5.41) is 14.5. The third kappa shape index (κ3) is 5.46. The van der Waals surface area contributed by atoms with E-state index >= 15 is 0 Å². The second-order valence-corrected chi connectivity index (χ2v) is 6.28. The molecule has 0 unspecified atom stereocenters. The van der Waals surface area contributed by atoms with E-state index in [9.17, 15) is 9.90 Å². The molecule has 0 saturated carbocycles. The average molecular weight is 360 g/mol. The van der Waals surface area contributed by atoms with Gasteiger partial charge in [-0.1, -0.05) is 11.8 Å². The van der Waals surface area contributed by atoms with Crippen molar-refractivity contribution < 1.29 is 14.6 Å². The van der Waals surface area contributed by atoms with Gasteiger partial charge in [-0.2, -0.15) is 5.10 Å². The second-order valence-electron chi connectivity index (χ2n) is 5.34. The number of thioether (sulfide) groups is 1. The molecule has 0 spiro atoms. The Labute approximate surface area is 150 Å². The summed E-state index contributed by atoms with van der Waals surface area (Å²) in [6.07, 6.45) is 0. The summed E-state index contributed by atoms with van der Waals surface area (Å²) < 4.78 is 5.12. The lowest BCUT2D eigenvalue weighted by Crippen LogP contribution is -2.21. The SMILES string of the molecule is COc1ccc(O)c(/C(C)=N/NC(=O)CSc2nc(C)cc(C)n2)c1. The molecule has 132 valence electrons. The number of carbonyl (C=O) groups is 1. The van der Waals surface area contributed by atoms with Gasteiger partial charge in [0.2, 0.25) is 0 Å². The quantitative estimate of drug-likeness (QED) is 0.355. The van der Waals surface area contributed by atoms with E-state index in [1.54, 1.807) is 19.1 Å². The van der Waals surface area contributed by atoms with E-state index < -0.39 is 0 Å². The summed E-state index contributed by atoms with van der Waals surface area (Å²) in [7, 11) is 1.54. The molecule has 0 radical (unpaired) electrons. The average Bonchev–Trinajstić information content (AvgIpc) is 2.57. The number of benzene rings is 1. The normalized spacial score (nSPS) is 11.3. The van der Waals surface area contributed by atoms with Crippen LogP contribution in [-0.4, -0.2) is 39.6 Å². The number of ether oxygens (including phenoxy) is 1. The lowest BCUT2D eigenvalue weighted by molar-refractivity contribution is -0.118. The molecular formula is C17H20N4O3S. The zero-order valence-corrected chi connectivity index (χ0v) is 15.3. The first-order chi connectivity index (χ1) is 11.9. The number of nitrogens with zero attached hydrogens (tertiary/aromatic N) is 3. The fourth-order valence-electron chi connectivity index (χ4n) is 2.06. The van der Waals surface area contributed by atoms with Crippen LogP contribution in [0.2, 0.25) is 0 Å². The Morgan fingerprint density at radius 2 is 1.96 bits per heavy atom. The number of nitrogens with one attached hydrogen (secondary N) is 1. The number of rotatable bonds is 6. The minimum absolute atomic E-state index is 0.0642. The molecule has 0 fully saturated rings. The molecule has 0 saturated heterocycles. The van der Waals surface area contributed by atoms with Crippen LogP contribution in [0.3, 0.4) is 0 Å². The maximum absolute atomic E-state index is 11.9. The number of carbonyl (C=O) groups excluding carboxylic acids is 1. The number of phenols is 1. The topological polar surface area (TPSA) is 96.7 Å². The van der Waals surface area contributed by atoms with E-state index in [-0.39, 0.29) is 17.4 Å². The number of aromatic hydroxyl groups is 1. The number of hydrogen-bond acceptors (Lipinski definition) is 7. The Hall–Kier alpha value is -2.61. The van der Waals surface area contributed by atoms with Crippen molar-refractivity contribution in [1.29, 1.82) is 0 Å². The van der Waals surface area contributed by atoms with Crippen molar-refractivity contribution in [3.8, 4) is 11.5 Å². The van der Waals surface area contributed by atoms with Crippen LogP contribution in [0.15, 0.2) is 34.5 Å². The van der Waals surface area contributed by atoms with Gasteiger partial charge < -0.3 is 9.84 Å². The molecular weight excluding hydrogens is 340 g/mol. The summed E-state index contributed by atoms with van der Waals surface area (Å²) in [5.74, 6) is 0.518. The van der Waals surface area contributed by atoms with Gasteiger partial charge in [-0.05, 0) is 45.0 Å². The van der Waals surface area contributed by atoms with Gasteiger partial charge in [0.05, 0.1) is 18.6 Å². The minimum atomic E-state index is -0.283. The summed E-state index contributed by atoms with van der Waals surface area (Å²) in [6.45, 7) is 5.45. The van der Waals surface area contributed by atoms with Crippen LogP contribution in [0.4, 0.5) is 0 Å². The molecule has 1 aromatic carbocycles. The molecule has 2 aromatic rings. The highest BCUT2D eigenvalue weighted by atomic mass is 32.2. The first-order valence-corrected chi connectivity index (χ1v) is 8.53. The number of aryl methyl sites for hydroxylation is 2. The molecule has 1 amide bonds. The van der Waals surface area contributed by atoms with Crippen LogP contribution in [-0.2, 0) is 4.79 Å². The predicted molar refractivity (Wildman–Crippen MR) is 97.2 cm³/mol. The van der Waals surface area contributed by atoms with E-state index in [1.165, 1.54) is 24.9 Å². The Kier molecular flexibility index (Phi) is 6.35. The fourth-order valence-corrected chi connectivity index (χ4v) is 2.80. The molecule has 0 atom stereocenters. The number of amides is 1. The summed E-state index contributed by atoms with van der Waals surface area (Å²) in [6, 6.07) is 6.68. The smallest absolute Gasteiger partial charge is 0.250 e. The highest BCUT2D eigenvalue weighted by Gasteiger charge is 2.09. The maximum Gasteiger partial charge on any atom is 0.250 e. The Bertz CT molecular complexity index is 788. The van der Waals surface area contributed by atoms with Crippen LogP contribution < -0.4 is 10.2 Å². The van der Waals surface area contributed by atoms with Gasteiger partial charge in [0.15, 0.2) is 5.16 Å². The Balaban J connectivity index is 1.97. The zero-order valence-electron chi connectivity index (χ0n) is 14.5. The monoisotopic (exact) mass is 360 g/mol. The molecule has 7 nitrogen and oxygen atoms in total. The molecule has 8 heteroatoms. The Morgan fingerprint density at radius 3 is 2.60 bits per heavy atom. The van der Waals surface area contributed by atoms with E-state index in [1.807, 2.05) is 19.9 Å². The molecule has 2 rings (SSSR count). The van der Waals surface area contributed by atoms with E-state index in [4.69, 9.17) is 4.74 Å². The number of methoxy groups -OCH3 is 1. The van der Waals surface area contributed by atoms with Crippen molar-refractivity contribution >= 4 is 23.4 Å². The molecule has 0 aliphatic carbocycles. The van der Waals surface area contributed by atoms with E-state index in [2.05, 4.69) is 20.5 Å². The lowest BCUT2D eigenvalue weighted by atomic mass is 10.1. The second kappa shape index (κ2) is 8.48. The standard InChI is InChI=1S/C17H20N4O3S/c1-10-7-11(2)19-17(18-10)25-9-16(23)21-20-12(3)14-8-13(24-4)5-6-15(14)22/h5-8,22H,9H2,1-4H3,(H,21,23)/b20-12+. The molecule has 0 aliphatic rings. The molecule has 1 heterocycles. The highest BCUT2D eigenvalue weighted by Crippen LogP contribution is 2.23. The molecule has 25 heavy (non-hydrogen) atoms. The maximum atomic E-state index is 11.9. The minimum Gasteiger partial charge on any atom is -0.507 e. The van der Waals surface area contributed by atoms with Crippen LogP contribution in [0, 0.1) is 13.8 Å². The van der Waals surface area contributed by atoms with Crippen LogP contribution >= 0.6 is 11.8 Å². The van der Waals surface area contributed by atoms with Gasteiger partial charge in [-0.3, -0.25) is 4.79 Å². The number of hydrogen-bond donors (Lipinski definition) is 2. The Morgan fingerprint density at radius 1 is 1.28 bits per heavy atom. The summed E-state index contributed by atoms with van der Waals surface area (Å²) in [5.41, 5.74) is 5.14. The van der Waals surface area contributed by atoms with Gasteiger partial charge in [0, 0.05) is 17.0 Å². The molecule has 1 aromatic heterocycles. The summed E-state index contributed by atoms with van der Waals surface area (Å²) in [4.78, 5) is 20.5. The molecule has 0 aliphatic heterocycles. The van der Waals surface area contributed by atoms with E-state index in [0.717, 1.165) is 11.4 Å². The predicted octanol–water partition coefficient (Wildman–Crippen LogP) is 2.44. The van der Waals surface area contributed by atoms with Crippen molar-refractivity contribution in [2.24, 2.45) is 5.10 Å². The van der Waals surface area contributed by atoms with Crippen LogP contribution in [0.25, 0.3) is 0 Å².